The third-order valence-corrected chi connectivity index (χ3v) is 3.91. The van der Waals surface area contributed by atoms with Crippen molar-refractivity contribution in [1.29, 1.82) is 0 Å². The number of hydrazone groups is 1. The summed E-state index contributed by atoms with van der Waals surface area (Å²) in [4.78, 5) is 20.3. The number of nitrogens with zero attached hydrogens (tertiary/aromatic N) is 3. The lowest BCUT2D eigenvalue weighted by Gasteiger charge is -2.06. The molecule has 8 heteroatoms. The number of rotatable bonds is 7. The Morgan fingerprint density at radius 2 is 2.25 bits per heavy atom. The highest BCUT2D eigenvalue weighted by molar-refractivity contribution is 9.10. The minimum Gasteiger partial charge on any atom is -0.467 e. The molecule has 0 bridgehead atoms. The van der Waals surface area contributed by atoms with Gasteiger partial charge in [0.05, 0.1) is 6.21 Å². The van der Waals surface area contributed by atoms with Crippen LogP contribution in [0.25, 0.3) is 0 Å². The van der Waals surface area contributed by atoms with Gasteiger partial charge in [0.1, 0.15) is 0 Å². The summed E-state index contributed by atoms with van der Waals surface area (Å²) < 4.78 is 6.34. The predicted octanol–water partition coefficient (Wildman–Crippen LogP) is 3.19. The van der Waals surface area contributed by atoms with Crippen LogP contribution in [-0.2, 0) is 4.79 Å². The highest BCUT2D eigenvalue weighted by Gasteiger charge is 2.06. The quantitative estimate of drug-likeness (QED) is 0.329. The first-order valence-corrected chi connectivity index (χ1v) is 9.03. The van der Waals surface area contributed by atoms with E-state index in [1.165, 1.54) is 11.8 Å². The van der Waals surface area contributed by atoms with Crippen molar-refractivity contribution in [2.75, 3.05) is 12.4 Å². The lowest BCUT2D eigenvalue weighted by atomic mass is 10.2. The van der Waals surface area contributed by atoms with Crippen molar-refractivity contribution < 1.29 is 9.53 Å². The van der Waals surface area contributed by atoms with Crippen molar-refractivity contribution in [3.63, 3.8) is 0 Å². The standard InChI is InChI=1S/C16H17BrN4O2S/c1-3-24-16-19-11(2)7-15(20-16)23-10-14(22)21-18-9-12-5-4-6-13(17)8-12/h4-9H,3,10H2,1-2H3,(H,21,22)/b18-9-. The van der Waals surface area contributed by atoms with Crippen molar-refractivity contribution in [2.45, 2.75) is 19.0 Å². The van der Waals surface area contributed by atoms with Crippen LogP contribution in [0.4, 0.5) is 0 Å². The number of thioether (sulfide) groups is 1. The number of halogens is 1. The van der Waals surface area contributed by atoms with Gasteiger partial charge < -0.3 is 4.74 Å². The van der Waals surface area contributed by atoms with E-state index in [1.807, 2.05) is 38.1 Å². The number of aromatic nitrogens is 2. The third kappa shape index (κ3) is 6.29. The van der Waals surface area contributed by atoms with Crippen LogP contribution in [0.5, 0.6) is 5.88 Å². The smallest absolute Gasteiger partial charge is 0.278 e. The van der Waals surface area contributed by atoms with Gasteiger partial charge in [-0.25, -0.2) is 10.4 Å². The summed E-state index contributed by atoms with van der Waals surface area (Å²) in [7, 11) is 0. The molecule has 0 fully saturated rings. The lowest BCUT2D eigenvalue weighted by Crippen LogP contribution is -2.24. The SMILES string of the molecule is CCSc1nc(C)cc(OCC(=O)N/N=C\c2cccc(Br)c2)n1. The zero-order chi connectivity index (χ0) is 17.4. The maximum atomic E-state index is 11.8. The van der Waals surface area contributed by atoms with E-state index >= 15 is 0 Å². The van der Waals surface area contributed by atoms with Gasteiger partial charge in [-0.1, -0.05) is 46.7 Å². The average Bonchev–Trinajstić information content (AvgIpc) is 2.53. The molecular formula is C16H17BrN4O2S. The van der Waals surface area contributed by atoms with E-state index in [2.05, 4.69) is 36.4 Å². The number of hydrogen-bond donors (Lipinski definition) is 1. The normalized spacial score (nSPS) is 10.8. The largest absolute Gasteiger partial charge is 0.467 e. The van der Waals surface area contributed by atoms with Crippen LogP contribution in [0.15, 0.2) is 45.1 Å². The molecule has 0 saturated heterocycles. The Kier molecular flexibility index (Phi) is 7.20. The molecule has 0 radical (unpaired) electrons. The first kappa shape index (κ1) is 18.4. The Hall–Kier alpha value is -1.93. The molecule has 2 aromatic rings. The van der Waals surface area contributed by atoms with Gasteiger partial charge in [0.15, 0.2) is 11.8 Å². The minimum atomic E-state index is -0.359. The second-order valence-electron chi connectivity index (χ2n) is 4.70. The number of benzene rings is 1. The lowest BCUT2D eigenvalue weighted by molar-refractivity contribution is -0.123. The summed E-state index contributed by atoms with van der Waals surface area (Å²) in [6, 6.07) is 9.27. The molecule has 1 amide bonds. The van der Waals surface area contributed by atoms with Crippen molar-refractivity contribution in [1.82, 2.24) is 15.4 Å². The summed E-state index contributed by atoms with van der Waals surface area (Å²) in [6.45, 7) is 3.72. The zero-order valence-corrected chi connectivity index (χ0v) is 15.7. The minimum absolute atomic E-state index is 0.164. The third-order valence-electron chi connectivity index (χ3n) is 2.69. The van der Waals surface area contributed by atoms with Gasteiger partial charge in [-0.3, -0.25) is 4.79 Å². The van der Waals surface area contributed by atoms with Gasteiger partial charge in [0.2, 0.25) is 5.88 Å². The van der Waals surface area contributed by atoms with Gasteiger partial charge in [-0.05, 0) is 30.4 Å². The Balaban J connectivity index is 1.85. The van der Waals surface area contributed by atoms with Gasteiger partial charge in [0.25, 0.3) is 5.91 Å². The molecule has 0 aliphatic rings. The fourth-order valence-corrected chi connectivity index (χ4v) is 2.76. The van der Waals surface area contributed by atoms with Crippen molar-refractivity contribution in [3.05, 3.63) is 46.1 Å². The number of ether oxygens (including phenoxy) is 1. The number of hydrogen-bond acceptors (Lipinski definition) is 6. The Labute approximate surface area is 153 Å². The van der Waals surface area contributed by atoms with E-state index in [9.17, 15) is 4.79 Å². The van der Waals surface area contributed by atoms with Crippen LogP contribution in [0.1, 0.15) is 18.2 Å². The number of carbonyl (C=O) groups excluding carboxylic acids is 1. The van der Waals surface area contributed by atoms with E-state index in [-0.39, 0.29) is 12.5 Å². The summed E-state index contributed by atoms with van der Waals surface area (Å²) in [5.74, 6) is 0.889. The van der Waals surface area contributed by atoms with Crippen LogP contribution in [0.3, 0.4) is 0 Å². The molecule has 24 heavy (non-hydrogen) atoms. The Bertz CT molecular complexity index is 740. The first-order valence-electron chi connectivity index (χ1n) is 7.25. The van der Waals surface area contributed by atoms with Crippen LogP contribution in [0, 0.1) is 6.92 Å². The molecule has 1 aromatic heterocycles. The molecule has 2 rings (SSSR count). The molecule has 126 valence electrons. The van der Waals surface area contributed by atoms with Gasteiger partial charge >= 0.3 is 0 Å². The fraction of sp³-hybridized carbons (Fsp3) is 0.250. The van der Waals surface area contributed by atoms with Gasteiger partial charge in [-0.15, -0.1) is 0 Å². The van der Waals surface area contributed by atoms with Crippen LogP contribution in [0.2, 0.25) is 0 Å². The summed E-state index contributed by atoms with van der Waals surface area (Å²) in [5.41, 5.74) is 4.09. The van der Waals surface area contributed by atoms with E-state index in [0.29, 0.717) is 11.0 Å². The molecule has 1 heterocycles. The van der Waals surface area contributed by atoms with E-state index < -0.39 is 0 Å². The Morgan fingerprint density at radius 1 is 1.42 bits per heavy atom. The molecule has 0 aliphatic carbocycles. The van der Waals surface area contributed by atoms with E-state index in [1.54, 1.807) is 12.3 Å². The predicted molar refractivity (Wildman–Crippen MR) is 98.5 cm³/mol. The molecule has 0 saturated carbocycles. The number of nitrogens with one attached hydrogen (secondary N) is 1. The molecule has 1 aromatic carbocycles. The van der Waals surface area contributed by atoms with Crippen LogP contribution < -0.4 is 10.2 Å². The average molecular weight is 409 g/mol. The zero-order valence-electron chi connectivity index (χ0n) is 13.3. The summed E-state index contributed by atoms with van der Waals surface area (Å²) >= 11 is 4.89. The van der Waals surface area contributed by atoms with Crippen LogP contribution >= 0.6 is 27.7 Å². The molecule has 0 aliphatic heterocycles. The first-order chi connectivity index (χ1) is 11.6. The van der Waals surface area contributed by atoms with Crippen molar-refractivity contribution in [3.8, 4) is 5.88 Å². The maximum absolute atomic E-state index is 11.8. The van der Waals surface area contributed by atoms with Gasteiger partial charge in [-0.2, -0.15) is 10.1 Å². The molecule has 0 atom stereocenters. The Morgan fingerprint density at radius 3 is 3.00 bits per heavy atom. The summed E-state index contributed by atoms with van der Waals surface area (Å²) in [5, 5.41) is 4.54. The monoisotopic (exact) mass is 408 g/mol. The maximum Gasteiger partial charge on any atom is 0.278 e. The van der Waals surface area contributed by atoms with Crippen molar-refractivity contribution in [2.24, 2.45) is 5.10 Å². The summed E-state index contributed by atoms with van der Waals surface area (Å²) in [6.07, 6.45) is 1.56. The molecule has 6 nitrogen and oxygen atoms in total. The van der Waals surface area contributed by atoms with Gasteiger partial charge in [0, 0.05) is 16.2 Å². The number of carbonyl (C=O) groups is 1. The highest BCUT2D eigenvalue weighted by Crippen LogP contribution is 2.17. The number of amides is 1. The topological polar surface area (TPSA) is 76.5 Å². The molecule has 1 N–H and O–H groups in total. The highest BCUT2D eigenvalue weighted by atomic mass is 79.9. The van der Waals surface area contributed by atoms with E-state index in [4.69, 9.17) is 4.74 Å². The van der Waals surface area contributed by atoms with E-state index in [0.717, 1.165) is 21.5 Å². The fourth-order valence-electron chi connectivity index (χ4n) is 1.72. The second kappa shape index (κ2) is 9.39. The van der Waals surface area contributed by atoms with Crippen molar-refractivity contribution >= 4 is 39.8 Å². The van der Waals surface area contributed by atoms with Crippen LogP contribution in [-0.4, -0.2) is 34.4 Å². The molecular weight excluding hydrogens is 392 g/mol. The second-order valence-corrected chi connectivity index (χ2v) is 6.85. The molecule has 0 spiro atoms. The number of aryl methyl sites for hydroxylation is 1. The molecule has 0 unspecified atom stereocenters.